The smallest absolute Gasteiger partial charge is 0.341 e. The Kier molecular flexibility index (Phi) is 7.80. The third-order valence-electron chi connectivity index (χ3n) is 5.63. The summed E-state index contributed by atoms with van der Waals surface area (Å²) in [7, 11) is 0. The zero-order chi connectivity index (χ0) is 24.2. The summed E-state index contributed by atoms with van der Waals surface area (Å²) >= 11 is 13.6. The van der Waals surface area contributed by atoms with Crippen molar-refractivity contribution in [2.24, 2.45) is 0 Å². The first-order chi connectivity index (χ1) is 16.4. The molecule has 2 aromatic heterocycles. The standard InChI is InChI=1S/C24H25Cl2N3O4S/c1-3-14(2)33-24(31)20-15-7-4-5-10-19(15)34-23(20)27-22(30)17-11-12-29(28-17)13-32-18-9-6-8-16(25)21(18)26/h6,8-9,11-12,14H,3-5,7,10,13H2,1-2H3,(H,27,30). The van der Waals surface area contributed by atoms with E-state index in [0.29, 0.717) is 26.4 Å². The Morgan fingerprint density at radius 1 is 1.24 bits per heavy atom. The molecule has 10 heteroatoms. The first kappa shape index (κ1) is 24.6. The van der Waals surface area contributed by atoms with Gasteiger partial charge in [-0.2, -0.15) is 5.10 Å². The van der Waals surface area contributed by atoms with Gasteiger partial charge < -0.3 is 14.8 Å². The monoisotopic (exact) mass is 521 g/mol. The number of halogens is 2. The third kappa shape index (κ3) is 5.40. The number of carbonyl (C=O) groups excluding carboxylic acids is 2. The predicted octanol–water partition coefficient (Wildman–Crippen LogP) is 6.37. The Hall–Kier alpha value is -2.55. The van der Waals surface area contributed by atoms with Crippen molar-refractivity contribution in [3.05, 3.63) is 62.2 Å². The van der Waals surface area contributed by atoms with Crippen LogP contribution in [0.2, 0.25) is 10.0 Å². The van der Waals surface area contributed by atoms with Gasteiger partial charge in [-0.25, -0.2) is 9.48 Å². The fourth-order valence-corrected chi connectivity index (χ4v) is 5.27. The molecule has 0 fully saturated rings. The lowest BCUT2D eigenvalue weighted by Crippen LogP contribution is -2.19. The summed E-state index contributed by atoms with van der Waals surface area (Å²) in [5.74, 6) is -0.374. The quantitative estimate of drug-likeness (QED) is 0.348. The van der Waals surface area contributed by atoms with Gasteiger partial charge in [0.15, 0.2) is 12.4 Å². The van der Waals surface area contributed by atoms with Crippen LogP contribution in [0, 0.1) is 0 Å². The fourth-order valence-electron chi connectivity index (χ4n) is 3.65. The second-order valence-electron chi connectivity index (χ2n) is 8.06. The second kappa shape index (κ2) is 10.8. The van der Waals surface area contributed by atoms with Gasteiger partial charge in [0, 0.05) is 11.1 Å². The summed E-state index contributed by atoms with van der Waals surface area (Å²) in [6.45, 7) is 3.87. The van der Waals surface area contributed by atoms with E-state index in [9.17, 15) is 9.59 Å². The van der Waals surface area contributed by atoms with Crippen molar-refractivity contribution >= 4 is 51.4 Å². The second-order valence-corrected chi connectivity index (χ2v) is 9.95. The number of carbonyl (C=O) groups is 2. The molecule has 1 aromatic carbocycles. The number of rotatable bonds is 8. The van der Waals surface area contributed by atoms with E-state index < -0.39 is 5.91 Å². The minimum Gasteiger partial charge on any atom is -0.470 e. The SMILES string of the molecule is CCC(C)OC(=O)c1c(NC(=O)c2ccn(COc3cccc(Cl)c3Cl)n2)sc2c1CCCC2. The first-order valence-corrected chi connectivity index (χ1v) is 12.7. The zero-order valence-electron chi connectivity index (χ0n) is 18.9. The van der Waals surface area contributed by atoms with Crippen LogP contribution in [0.1, 0.15) is 64.4 Å². The molecule has 1 amide bonds. The molecule has 0 saturated carbocycles. The number of nitrogens with one attached hydrogen (secondary N) is 1. The van der Waals surface area contributed by atoms with Crippen molar-refractivity contribution < 1.29 is 19.1 Å². The van der Waals surface area contributed by atoms with Gasteiger partial charge in [0.25, 0.3) is 5.91 Å². The lowest BCUT2D eigenvalue weighted by atomic mass is 9.95. The largest absolute Gasteiger partial charge is 0.470 e. The molecule has 1 atom stereocenters. The van der Waals surface area contributed by atoms with E-state index in [0.717, 1.165) is 42.5 Å². The highest BCUT2D eigenvalue weighted by atomic mass is 35.5. The molecule has 1 aliphatic rings. The summed E-state index contributed by atoms with van der Waals surface area (Å²) in [5, 5.41) is 8.39. The normalized spacial score (nSPS) is 13.8. The summed E-state index contributed by atoms with van der Waals surface area (Å²) < 4.78 is 12.7. The Balaban J connectivity index is 1.49. The number of hydrogen-bond acceptors (Lipinski definition) is 6. The molecule has 1 unspecified atom stereocenters. The van der Waals surface area contributed by atoms with Gasteiger partial charge >= 0.3 is 5.97 Å². The van der Waals surface area contributed by atoms with E-state index in [-0.39, 0.29) is 24.5 Å². The molecule has 1 N–H and O–H groups in total. The van der Waals surface area contributed by atoms with E-state index >= 15 is 0 Å². The van der Waals surface area contributed by atoms with Crippen molar-refractivity contribution in [1.29, 1.82) is 0 Å². The maximum Gasteiger partial charge on any atom is 0.341 e. The van der Waals surface area contributed by atoms with Crippen LogP contribution in [0.4, 0.5) is 5.00 Å². The molecule has 1 aliphatic carbocycles. The molecule has 7 nitrogen and oxygen atoms in total. The minimum atomic E-state index is -0.407. The molecule has 180 valence electrons. The molecule has 4 rings (SSSR count). The van der Waals surface area contributed by atoms with Crippen LogP contribution in [-0.2, 0) is 24.3 Å². The summed E-state index contributed by atoms with van der Waals surface area (Å²) in [6, 6.07) is 6.69. The number of benzene rings is 1. The molecule has 34 heavy (non-hydrogen) atoms. The van der Waals surface area contributed by atoms with Gasteiger partial charge in [-0.05, 0) is 62.8 Å². The highest BCUT2D eigenvalue weighted by molar-refractivity contribution is 7.17. The molecule has 3 aromatic rings. The van der Waals surface area contributed by atoms with Gasteiger partial charge in [-0.3, -0.25) is 4.79 Å². The molecule has 2 heterocycles. The van der Waals surface area contributed by atoms with E-state index in [1.54, 1.807) is 30.5 Å². The number of esters is 1. The van der Waals surface area contributed by atoms with Crippen LogP contribution in [0.15, 0.2) is 30.5 Å². The fraction of sp³-hybridized carbons (Fsp3) is 0.375. The van der Waals surface area contributed by atoms with E-state index in [2.05, 4.69) is 10.4 Å². The summed E-state index contributed by atoms with van der Waals surface area (Å²) in [6.07, 6.45) is 5.95. The minimum absolute atomic E-state index is 0.0487. The van der Waals surface area contributed by atoms with Crippen molar-refractivity contribution in [2.45, 2.75) is 58.8 Å². The van der Waals surface area contributed by atoms with Gasteiger partial charge in [0.05, 0.1) is 16.7 Å². The Bertz CT molecular complexity index is 1210. The average Bonchev–Trinajstić information content (AvgIpc) is 3.44. The van der Waals surface area contributed by atoms with Gasteiger partial charge in [0.2, 0.25) is 0 Å². The summed E-state index contributed by atoms with van der Waals surface area (Å²) in [4.78, 5) is 27.0. The Labute approximate surface area is 212 Å². The third-order valence-corrected chi connectivity index (χ3v) is 7.64. The lowest BCUT2D eigenvalue weighted by molar-refractivity contribution is 0.0335. The van der Waals surface area contributed by atoms with Crippen molar-refractivity contribution in [1.82, 2.24) is 9.78 Å². The molecular weight excluding hydrogens is 497 g/mol. The maximum atomic E-state index is 13.0. The van der Waals surface area contributed by atoms with Crippen LogP contribution in [0.3, 0.4) is 0 Å². The number of thiophene rings is 1. The topological polar surface area (TPSA) is 82.5 Å². The molecule has 0 saturated heterocycles. The number of fused-ring (bicyclic) bond motifs is 1. The molecular formula is C24H25Cl2N3O4S. The van der Waals surface area contributed by atoms with Crippen LogP contribution < -0.4 is 10.1 Å². The highest BCUT2D eigenvalue weighted by Crippen LogP contribution is 2.39. The van der Waals surface area contributed by atoms with Crippen molar-refractivity contribution in [2.75, 3.05) is 5.32 Å². The first-order valence-electron chi connectivity index (χ1n) is 11.1. The number of anilines is 1. The Morgan fingerprint density at radius 2 is 2.03 bits per heavy atom. The molecule has 0 aliphatic heterocycles. The Morgan fingerprint density at radius 3 is 2.82 bits per heavy atom. The van der Waals surface area contributed by atoms with E-state index in [4.69, 9.17) is 32.7 Å². The van der Waals surface area contributed by atoms with Crippen LogP contribution in [0.5, 0.6) is 5.75 Å². The number of aryl methyl sites for hydroxylation is 1. The van der Waals surface area contributed by atoms with Crippen molar-refractivity contribution in [3.63, 3.8) is 0 Å². The van der Waals surface area contributed by atoms with Crippen LogP contribution in [0.25, 0.3) is 0 Å². The molecule has 0 bridgehead atoms. The van der Waals surface area contributed by atoms with Crippen LogP contribution in [-0.4, -0.2) is 27.8 Å². The maximum absolute atomic E-state index is 13.0. The predicted molar refractivity (Wildman–Crippen MR) is 133 cm³/mol. The van der Waals surface area contributed by atoms with Gasteiger partial charge in [0.1, 0.15) is 15.8 Å². The van der Waals surface area contributed by atoms with Crippen molar-refractivity contribution in [3.8, 4) is 5.75 Å². The van der Waals surface area contributed by atoms with Gasteiger partial charge in [-0.1, -0.05) is 36.2 Å². The summed E-state index contributed by atoms with van der Waals surface area (Å²) in [5.41, 5.74) is 1.68. The number of hydrogen-bond donors (Lipinski definition) is 1. The zero-order valence-corrected chi connectivity index (χ0v) is 21.2. The number of aromatic nitrogens is 2. The van der Waals surface area contributed by atoms with Crippen LogP contribution >= 0.6 is 34.5 Å². The lowest BCUT2D eigenvalue weighted by Gasteiger charge is -2.15. The molecule has 0 spiro atoms. The van der Waals surface area contributed by atoms with E-state index in [1.807, 2.05) is 13.8 Å². The highest BCUT2D eigenvalue weighted by Gasteiger charge is 2.28. The molecule has 0 radical (unpaired) electrons. The van der Waals surface area contributed by atoms with E-state index in [1.165, 1.54) is 16.0 Å². The number of ether oxygens (including phenoxy) is 2. The number of nitrogens with zero attached hydrogens (tertiary/aromatic N) is 2. The van der Waals surface area contributed by atoms with Gasteiger partial charge in [-0.15, -0.1) is 11.3 Å². The average molecular weight is 522 g/mol. The number of amides is 1.